The summed E-state index contributed by atoms with van der Waals surface area (Å²) in [5, 5.41) is 11.3. The van der Waals surface area contributed by atoms with Crippen LogP contribution in [-0.2, 0) is 16.1 Å². The summed E-state index contributed by atoms with van der Waals surface area (Å²) in [6.45, 7) is 2.46. The molecule has 1 saturated heterocycles. The Kier molecular flexibility index (Phi) is 6.18. The Labute approximate surface area is 130 Å². The first kappa shape index (κ1) is 16.3. The third-order valence-corrected chi connectivity index (χ3v) is 3.80. The average molecular weight is 305 g/mol. The topological polar surface area (TPSA) is 82.5 Å². The van der Waals surface area contributed by atoms with Crippen molar-refractivity contribution in [3.63, 3.8) is 0 Å². The summed E-state index contributed by atoms with van der Waals surface area (Å²) in [6.07, 6.45) is 6.57. The normalized spacial score (nSPS) is 15.2. The first-order valence-corrected chi connectivity index (χ1v) is 7.83. The first-order chi connectivity index (χ1) is 10.6. The van der Waals surface area contributed by atoms with Crippen molar-refractivity contribution in [2.24, 2.45) is 0 Å². The Morgan fingerprint density at radius 2 is 1.91 bits per heavy atom. The van der Waals surface area contributed by atoms with Gasteiger partial charge in [0, 0.05) is 32.3 Å². The number of aliphatic carboxylic acids is 1. The zero-order valence-corrected chi connectivity index (χ0v) is 12.8. The Hall–Kier alpha value is -2.11. The van der Waals surface area contributed by atoms with E-state index in [1.165, 1.54) is 25.7 Å². The molecule has 2 N–H and O–H groups in total. The highest BCUT2D eigenvalue weighted by Gasteiger charge is 2.11. The first-order valence-electron chi connectivity index (χ1n) is 7.83. The molecule has 6 nitrogen and oxygen atoms in total. The zero-order chi connectivity index (χ0) is 15.8. The van der Waals surface area contributed by atoms with E-state index in [-0.39, 0.29) is 18.7 Å². The van der Waals surface area contributed by atoms with Gasteiger partial charge >= 0.3 is 5.97 Å². The maximum atomic E-state index is 11.6. The number of aromatic nitrogens is 1. The fourth-order valence-electron chi connectivity index (χ4n) is 2.55. The largest absolute Gasteiger partial charge is 0.481 e. The van der Waals surface area contributed by atoms with E-state index in [1.807, 2.05) is 12.1 Å². The van der Waals surface area contributed by atoms with Crippen LogP contribution < -0.4 is 10.2 Å². The molecule has 0 atom stereocenters. The second-order valence-electron chi connectivity index (χ2n) is 5.59. The fourth-order valence-corrected chi connectivity index (χ4v) is 2.55. The number of hydrogen-bond donors (Lipinski definition) is 2. The van der Waals surface area contributed by atoms with Crippen LogP contribution in [0.25, 0.3) is 0 Å². The molecule has 0 radical (unpaired) electrons. The molecule has 1 aromatic rings. The van der Waals surface area contributed by atoms with Gasteiger partial charge in [0.05, 0.1) is 6.42 Å². The highest BCUT2D eigenvalue weighted by atomic mass is 16.4. The van der Waals surface area contributed by atoms with Crippen LogP contribution in [0, 0.1) is 0 Å². The van der Waals surface area contributed by atoms with Crippen molar-refractivity contribution in [2.75, 3.05) is 18.0 Å². The molecule has 0 spiro atoms. The summed E-state index contributed by atoms with van der Waals surface area (Å²) in [7, 11) is 0. The lowest BCUT2D eigenvalue weighted by molar-refractivity contribution is -0.138. The van der Waals surface area contributed by atoms with E-state index in [1.54, 1.807) is 6.20 Å². The van der Waals surface area contributed by atoms with Crippen LogP contribution in [0.3, 0.4) is 0 Å². The van der Waals surface area contributed by atoms with Crippen LogP contribution in [0.2, 0.25) is 0 Å². The Bertz CT molecular complexity index is 511. The minimum atomic E-state index is -0.956. The number of nitrogens with zero attached hydrogens (tertiary/aromatic N) is 2. The monoisotopic (exact) mass is 305 g/mol. The molecule has 2 heterocycles. The Morgan fingerprint density at radius 3 is 2.59 bits per heavy atom. The summed E-state index contributed by atoms with van der Waals surface area (Å²) < 4.78 is 0. The fraction of sp³-hybridized carbons (Fsp3) is 0.562. The van der Waals surface area contributed by atoms with Gasteiger partial charge in [-0.3, -0.25) is 9.59 Å². The van der Waals surface area contributed by atoms with E-state index in [9.17, 15) is 9.59 Å². The maximum absolute atomic E-state index is 11.6. The smallest absolute Gasteiger partial charge is 0.303 e. The number of hydrogen-bond acceptors (Lipinski definition) is 4. The molecule has 1 aromatic heterocycles. The number of rotatable bonds is 6. The molecule has 120 valence electrons. The predicted octanol–water partition coefficient (Wildman–Crippen LogP) is 1.94. The molecule has 1 aliphatic heterocycles. The van der Waals surface area contributed by atoms with Crippen LogP contribution in [0.15, 0.2) is 18.3 Å². The molecular formula is C16H23N3O3. The third kappa shape index (κ3) is 5.35. The lowest BCUT2D eigenvalue weighted by atomic mass is 10.2. The van der Waals surface area contributed by atoms with E-state index in [4.69, 9.17) is 5.11 Å². The highest BCUT2D eigenvalue weighted by molar-refractivity contribution is 5.80. The minimum absolute atomic E-state index is 0.0133. The highest BCUT2D eigenvalue weighted by Crippen LogP contribution is 2.18. The standard InChI is InChI=1S/C16H23N3O3/c20-15(5-6-16(21)22)18-12-13-7-8-17-14(11-13)19-9-3-1-2-4-10-19/h7-8,11H,1-6,9-10,12H2,(H,18,20)(H,21,22). The molecule has 1 fully saturated rings. The molecule has 1 amide bonds. The van der Waals surface area contributed by atoms with Crippen LogP contribution in [-0.4, -0.2) is 35.1 Å². The molecule has 6 heteroatoms. The lowest BCUT2D eigenvalue weighted by Crippen LogP contribution is -2.26. The average Bonchev–Trinajstić information content (AvgIpc) is 2.80. The van der Waals surface area contributed by atoms with E-state index in [2.05, 4.69) is 15.2 Å². The maximum Gasteiger partial charge on any atom is 0.303 e. The van der Waals surface area contributed by atoms with E-state index >= 15 is 0 Å². The van der Waals surface area contributed by atoms with Gasteiger partial charge < -0.3 is 15.3 Å². The van der Waals surface area contributed by atoms with Crippen LogP contribution in [0.4, 0.5) is 5.82 Å². The van der Waals surface area contributed by atoms with Crippen molar-refractivity contribution >= 4 is 17.7 Å². The van der Waals surface area contributed by atoms with Gasteiger partial charge in [-0.2, -0.15) is 0 Å². The molecule has 1 aliphatic rings. The number of nitrogens with one attached hydrogen (secondary N) is 1. The van der Waals surface area contributed by atoms with Gasteiger partial charge in [0.25, 0.3) is 0 Å². The van der Waals surface area contributed by atoms with Crippen molar-refractivity contribution in [1.29, 1.82) is 0 Å². The zero-order valence-electron chi connectivity index (χ0n) is 12.8. The van der Waals surface area contributed by atoms with E-state index < -0.39 is 5.97 Å². The summed E-state index contributed by atoms with van der Waals surface area (Å²) in [5.41, 5.74) is 0.984. The molecule has 0 bridgehead atoms. The number of pyridine rings is 1. The van der Waals surface area contributed by atoms with Gasteiger partial charge in [-0.25, -0.2) is 4.98 Å². The second kappa shape index (κ2) is 8.36. The third-order valence-electron chi connectivity index (χ3n) is 3.80. The summed E-state index contributed by atoms with van der Waals surface area (Å²) in [5.74, 6) is -0.239. The Morgan fingerprint density at radius 1 is 1.18 bits per heavy atom. The molecule has 22 heavy (non-hydrogen) atoms. The van der Waals surface area contributed by atoms with E-state index in [0.29, 0.717) is 6.54 Å². The minimum Gasteiger partial charge on any atom is -0.481 e. The van der Waals surface area contributed by atoms with Crippen molar-refractivity contribution in [2.45, 2.75) is 45.1 Å². The number of carbonyl (C=O) groups excluding carboxylic acids is 1. The summed E-state index contributed by atoms with van der Waals surface area (Å²) in [6, 6.07) is 3.88. The molecule has 0 unspecified atom stereocenters. The van der Waals surface area contributed by atoms with Gasteiger partial charge in [-0.05, 0) is 30.5 Å². The van der Waals surface area contributed by atoms with Crippen molar-refractivity contribution < 1.29 is 14.7 Å². The molecule has 0 aliphatic carbocycles. The lowest BCUT2D eigenvalue weighted by Gasteiger charge is -2.21. The molecule has 0 saturated carbocycles. The number of carbonyl (C=O) groups is 2. The van der Waals surface area contributed by atoms with Gasteiger partial charge in [0.1, 0.15) is 5.82 Å². The number of amides is 1. The van der Waals surface area contributed by atoms with Gasteiger partial charge in [0.2, 0.25) is 5.91 Å². The van der Waals surface area contributed by atoms with E-state index in [0.717, 1.165) is 24.5 Å². The van der Waals surface area contributed by atoms with Crippen LogP contribution in [0.1, 0.15) is 44.1 Å². The van der Waals surface area contributed by atoms with Gasteiger partial charge in [-0.15, -0.1) is 0 Å². The molecule has 0 aromatic carbocycles. The second-order valence-corrected chi connectivity index (χ2v) is 5.59. The number of anilines is 1. The van der Waals surface area contributed by atoms with Gasteiger partial charge in [-0.1, -0.05) is 12.8 Å². The van der Waals surface area contributed by atoms with Gasteiger partial charge in [0.15, 0.2) is 0 Å². The van der Waals surface area contributed by atoms with Crippen molar-refractivity contribution in [1.82, 2.24) is 10.3 Å². The predicted molar refractivity (Wildman–Crippen MR) is 83.6 cm³/mol. The van der Waals surface area contributed by atoms with Crippen molar-refractivity contribution in [3.8, 4) is 0 Å². The molecule has 2 rings (SSSR count). The SMILES string of the molecule is O=C(O)CCC(=O)NCc1ccnc(N2CCCCCC2)c1. The number of carboxylic acid groups (broad SMARTS) is 1. The number of carboxylic acids is 1. The van der Waals surface area contributed by atoms with Crippen molar-refractivity contribution in [3.05, 3.63) is 23.9 Å². The Balaban J connectivity index is 1.88. The quantitative estimate of drug-likeness (QED) is 0.839. The van der Waals surface area contributed by atoms with Crippen LogP contribution in [0.5, 0.6) is 0 Å². The summed E-state index contributed by atoms with van der Waals surface area (Å²) in [4.78, 5) is 28.7. The summed E-state index contributed by atoms with van der Waals surface area (Å²) >= 11 is 0. The molecular weight excluding hydrogens is 282 g/mol. The van der Waals surface area contributed by atoms with Crippen LogP contribution >= 0.6 is 0 Å².